The Balaban J connectivity index is 2.02. The highest BCUT2D eigenvalue weighted by molar-refractivity contribution is 6.09. The third-order valence-electron chi connectivity index (χ3n) is 5.57. The van der Waals surface area contributed by atoms with E-state index in [1.807, 2.05) is 0 Å². The van der Waals surface area contributed by atoms with Gasteiger partial charge in [-0.3, -0.25) is 0 Å². The summed E-state index contributed by atoms with van der Waals surface area (Å²) in [4.78, 5) is 0. The van der Waals surface area contributed by atoms with Crippen LogP contribution in [0.15, 0.2) is 47.0 Å². The van der Waals surface area contributed by atoms with Crippen LogP contribution in [-0.2, 0) is 13.5 Å². The predicted molar refractivity (Wildman–Crippen MR) is 118 cm³/mol. The zero-order valence-electron chi connectivity index (χ0n) is 18.1. The highest BCUT2D eigenvalue weighted by Gasteiger charge is 2.23. The molecule has 4 rings (SSSR count). The molecule has 0 aliphatic heterocycles. The highest BCUT2D eigenvalue weighted by Crippen LogP contribution is 2.37. The lowest BCUT2D eigenvalue weighted by molar-refractivity contribution is -0.660. The fourth-order valence-electron chi connectivity index (χ4n) is 4.20. The van der Waals surface area contributed by atoms with Crippen molar-refractivity contribution in [2.24, 2.45) is 12.5 Å². The van der Waals surface area contributed by atoms with Gasteiger partial charge in [-0.05, 0) is 55.4 Å². The van der Waals surface area contributed by atoms with Crippen molar-refractivity contribution in [2.75, 3.05) is 0 Å². The summed E-state index contributed by atoms with van der Waals surface area (Å²) in [5, 5.41) is 2.38. The number of rotatable bonds is 2. The molecule has 0 spiro atoms. The van der Waals surface area contributed by atoms with Gasteiger partial charge in [0, 0.05) is 22.4 Å². The second-order valence-corrected chi connectivity index (χ2v) is 9.45. The maximum atomic E-state index is 6.41. The Morgan fingerprint density at radius 1 is 0.893 bits per heavy atom. The summed E-state index contributed by atoms with van der Waals surface area (Å²) in [6, 6.07) is 13.2. The molecule has 2 heterocycles. The van der Waals surface area contributed by atoms with Crippen LogP contribution in [0.3, 0.4) is 0 Å². The molecule has 144 valence electrons. The van der Waals surface area contributed by atoms with Crippen molar-refractivity contribution >= 4 is 21.9 Å². The van der Waals surface area contributed by atoms with Crippen molar-refractivity contribution in [2.45, 2.75) is 48.0 Å². The second-order valence-electron chi connectivity index (χ2n) is 9.45. The van der Waals surface area contributed by atoms with Gasteiger partial charge in [-0.25, -0.2) is 4.57 Å². The average molecular weight is 373 g/mol. The summed E-state index contributed by atoms with van der Waals surface area (Å²) in [6.45, 7) is 13.4. The van der Waals surface area contributed by atoms with Gasteiger partial charge >= 0.3 is 0 Å². The molecule has 0 atom stereocenters. The van der Waals surface area contributed by atoms with Crippen LogP contribution < -0.4 is 4.57 Å². The topological polar surface area (TPSA) is 17.0 Å². The Bertz CT molecular complexity index is 1210. The van der Waals surface area contributed by atoms with Gasteiger partial charge in [0.05, 0.1) is 5.56 Å². The molecule has 0 radical (unpaired) electrons. The average Bonchev–Trinajstić information content (AvgIpc) is 2.94. The second kappa shape index (κ2) is 6.48. The number of furan rings is 1. The lowest BCUT2D eigenvalue weighted by atomic mass is 9.86. The quantitative estimate of drug-likeness (QED) is 0.363. The first-order chi connectivity index (χ1) is 13.1. The molecule has 2 aromatic heterocycles. The van der Waals surface area contributed by atoms with Crippen molar-refractivity contribution in [3.63, 3.8) is 0 Å². The standard InChI is InChI=1S/C26H30NO/c1-16-8-10-20-21-11-9-17(2)24(25(21)28-23(20)12-16)22-13-19(14-26(4,5)6)18(3)15-27(22)7/h8-13,15H,14H2,1-7H3/q+1. The van der Waals surface area contributed by atoms with Crippen molar-refractivity contribution < 1.29 is 8.98 Å². The summed E-state index contributed by atoms with van der Waals surface area (Å²) in [5.41, 5.74) is 9.82. The molecule has 0 saturated heterocycles. The van der Waals surface area contributed by atoms with Gasteiger partial charge in [0.25, 0.3) is 0 Å². The molecule has 4 aromatic rings. The van der Waals surface area contributed by atoms with E-state index in [9.17, 15) is 0 Å². The molecule has 0 fully saturated rings. The van der Waals surface area contributed by atoms with Gasteiger partial charge in [0.15, 0.2) is 6.20 Å². The number of nitrogens with zero attached hydrogens (tertiary/aromatic N) is 1. The fourth-order valence-corrected chi connectivity index (χ4v) is 4.20. The molecular weight excluding hydrogens is 342 g/mol. The Kier molecular flexibility index (Phi) is 4.33. The Morgan fingerprint density at radius 3 is 2.32 bits per heavy atom. The molecule has 28 heavy (non-hydrogen) atoms. The van der Waals surface area contributed by atoms with Crippen LogP contribution in [-0.4, -0.2) is 0 Å². The van der Waals surface area contributed by atoms with Crippen LogP contribution in [0.25, 0.3) is 33.2 Å². The number of hydrogen-bond acceptors (Lipinski definition) is 1. The summed E-state index contributed by atoms with van der Waals surface area (Å²) in [5.74, 6) is 0. The SMILES string of the molecule is Cc1ccc2c(c1)oc1c(-c3cc(CC(C)(C)C)c(C)c[n+]3C)c(C)ccc12. The molecule has 0 amide bonds. The third-order valence-corrected chi connectivity index (χ3v) is 5.57. The minimum absolute atomic E-state index is 0.250. The largest absolute Gasteiger partial charge is 0.455 e. The first-order valence-corrected chi connectivity index (χ1v) is 10.1. The summed E-state index contributed by atoms with van der Waals surface area (Å²) >= 11 is 0. The van der Waals surface area contributed by atoms with Gasteiger partial charge in [-0.1, -0.05) is 45.0 Å². The molecule has 0 unspecified atom stereocenters. The van der Waals surface area contributed by atoms with Gasteiger partial charge in [0.2, 0.25) is 5.69 Å². The summed E-state index contributed by atoms with van der Waals surface area (Å²) < 4.78 is 8.65. The van der Waals surface area contributed by atoms with E-state index < -0.39 is 0 Å². The van der Waals surface area contributed by atoms with Gasteiger partial charge in [0.1, 0.15) is 18.2 Å². The molecule has 2 heteroatoms. The minimum atomic E-state index is 0.250. The number of hydrogen-bond donors (Lipinski definition) is 0. The molecule has 0 aliphatic rings. The molecule has 0 aliphatic carbocycles. The summed E-state index contributed by atoms with van der Waals surface area (Å²) in [6.07, 6.45) is 3.31. The zero-order valence-corrected chi connectivity index (χ0v) is 18.1. The number of fused-ring (bicyclic) bond motifs is 3. The molecule has 0 bridgehead atoms. The van der Waals surface area contributed by atoms with E-state index in [1.165, 1.54) is 44.3 Å². The molecular formula is C26H30NO+. The van der Waals surface area contributed by atoms with Crippen LogP contribution in [0, 0.1) is 26.2 Å². The maximum absolute atomic E-state index is 6.41. The molecule has 0 saturated carbocycles. The Labute approximate surface area is 167 Å². The molecule has 2 nitrogen and oxygen atoms in total. The van der Waals surface area contributed by atoms with E-state index in [-0.39, 0.29) is 5.41 Å². The first-order valence-electron chi connectivity index (χ1n) is 10.1. The number of aromatic nitrogens is 1. The number of pyridine rings is 1. The number of benzene rings is 2. The lowest BCUT2D eigenvalue weighted by Crippen LogP contribution is -2.32. The van der Waals surface area contributed by atoms with Crippen LogP contribution in [0.4, 0.5) is 0 Å². The Hall–Kier alpha value is -2.61. The smallest absolute Gasteiger partial charge is 0.216 e. The minimum Gasteiger partial charge on any atom is -0.455 e. The normalized spacial score (nSPS) is 12.2. The van der Waals surface area contributed by atoms with E-state index in [0.717, 1.165) is 17.6 Å². The highest BCUT2D eigenvalue weighted by atomic mass is 16.3. The molecule has 0 N–H and O–H groups in total. The predicted octanol–water partition coefficient (Wildman–Crippen LogP) is 6.59. The van der Waals surface area contributed by atoms with E-state index >= 15 is 0 Å². The first kappa shape index (κ1) is 18.7. The summed E-state index contributed by atoms with van der Waals surface area (Å²) in [7, 11) is 2.13. The van der Waals surface area contributed by atoms with Crippen LogP contribution in [0.1, 0.15) is 43.0 Å². The van der Waals surface area contributed by atoms with E-state index in [2.05, 4.69) is 95.8 Å². The Morgan fingerprint density at radius 2 is 1.61 bits per heavy atom. The van der Waals surface area contributed by atoms with Gasteiger partial charge < -0.3 is 4.42 Å². The lowest BCUT2D eigenvalue weighted by Gasteiger charge is -2.19. The van der Waals surface area contributed by atoms with Crippen LogP contribution in [0.5, 0.6) is 0 Å². The van der Waals surface area contributed by atoms with Gasteiger partial charge in [-0.15, -0.1) is 0 Å². The fraction of sp³-hybridized carbons (Fsp3) is 0.346. The maximum Gasteiger partial charge on any atom is 0.216 e. The number of aryl methyl sites for hydroxylation is 4. The van der Waals surface area contributed by atoms with Crippen LogP contribution >= 0.6 is 0 Å². The monoisotopic (exact) mass is 372 g/mol. The van der Waals surface area contributed by atoms with Crippen molar-refractivity contribution in [3.8, 4) is 11.3 Å². The van der Waals surface area contributed by atoms with E-state index in [1.54, 1.807) is 0 Å². The van der Waals surface area contributed by atoms with Crippen molar-refractivity contribution in [3.05, 3.63) is 64.8 Å². The van der Waals surface area contributed by atoms with E-state index in [0.29, 0.717) is 0 Å². The van der Waals surface area contributed by atoms with Crippen molar-refractivity contribution in [1.82, 2.24) is 0 Å². The molecule has 2 aromatic carbocycles. The van der Waals surface area contributed by atoms with Gasteiger partial charge in [-0.2, -0.15) is 0 Å². The van der Waals surface area contributed by atoms with Crippen LogP contribution in [0.2, 0.25) is 0 Å². The third kappa shape index (κ3) is 3.22. The zero-order chi connectivity index (χ0) is 20.2. The van der Waals surface area contributed by atoms with E-state index in [4.69, 9.17) is 4.42 Å². The van der Waals surface area contributed by atoms with Crippen molar-refractivity contribution in [1.29, 1.82) is 0 Å².